The van der Waals surface area contributed by atoms with Gasteiger partial charge >= 0.3 is 0 Å². The van der Waals surface area contributed by atoms with Gasteiger partial charge in [-0.3, -0.25) is 0 Å². The van der Waals surface area contributed by atoms with Crippen LogP contribution < -0.4 is 5.73 Å². The second-order valence-electron chi connectivity index (χ2n) is 3.98. The van der Waals surface area contributed by atoms with Gasteiger partial charge in [-0.15, -0.1) is 0 Å². The number of aromatic nitrogens is 2. The van der Waals surface area contributed by atoms with E-state index in [-0.39, 0.29) is 6.04 Å². The van der Waals surface area contributed by atoms with Gasteiger partial charge in [0, 0.05) is 18.4 Å². The van der Waals surface area contributed by atoms with E-state index >= 15 is 0 Å². The topological polar surface area (TPSA) is 43.8 Å². The highest BCUT2D eigenvalue weighted by atomic mass is 15.3. The Balaban J connectivity index is 2.07. The minimum absolute atomic E-state index is 0.228. The number of hydrogen-bond donors (Lipinski definition) is 1. The molecule has 1 aliphatic carbocycles. The molecule has 3 heteroatoms. The quantitative estimate of drug-likeness (QED) is 0.761. The minimum atomic E-state index is 0.228. The van der Waals surface area contributed by atoms with E-state index in [1.165, 1.54) is 11.1 Å². The highest BCUT2D eigenvalue weighted by Gasteiger charge is 2.18. The molecule has 1 unspecified atom stereocenters. The highest BCUT2D eigenvalue weighted by molar-refractivity contribution is 5.43. The summed E-state index contributed by atoms with van der Waals surface area (Å²) >= 11 is 0. The summed E-state index contributed by atoms with van der Waals surface area (Å²) < 4.78 is 1.88. The molecule has 0 radical (unpaired) electrons. The van der Waals surface area contributed by atoms with E-state index in [9.17, 15) is 0 Å². The number of benzene rings is 1. The summed E-state index contributed by atoms with van der Waals surface area (Å²) in [6, 6.07) is 8.56. The number of rotatable bonds is 1. The van der Waals surface area contributed by atoms with Crippen molar-refractivity contribution in [2.45, 2.75) is 18.9 Å². The van der Waals surface area contributed by atoms with Crippen LogP contribution in [0, 0.1) is 0 Å². The van der Waals surface area contributed by atoms with Crippen molar-refractivity contribution in [3.8, 4) is 5.69 Å². The van der Waals surface area contributed by atoms with Crippen molar-refractivity contribution in [1.29, 1.82) is 0 Å². The zero-order valence-electron chi connectivity index (χ0n) is 8.43. The molecule has 0 amide bonds. The van der Waals surface area contributed by atoms with Crippen molar-refractivity contribution in [1.82, 2.24) is 9.78 Å². The molecule has 1 heterocycles. The van der Waals surface area contributed by atoms with Gasteiger partial charge in [0.1, 0.15) is 0 Å². The largest absolute Gasteiger partial charge is 0.324 e. The van der Waals surface area contributed by atoms with Crippen LogP contribution in [0.25, 0.3) is 5.69 Å². The van der Waals surface area contributed by atoms with Crippen molar-refractivity contribution in [3.05, 3.63) is 47.8 Å². The fraction of sp³-hybridized carbons (Fsp3) is 0.250. The van der Waals surface area contributed by atoms with Crippen molar-refractivity contribution >= 4 is 0 Å². The number of nitrogens with two attached hydrogens (primary N) is 1. The molecule has 0 spiro atoms. The number of hydrogen-bond acceptors (Lipinski definition) is 2. The maximum absolute atomic E-state index is 5.99. The van der Waals surface area contributed by atoms with Crippen LogP contribution in [0.15, 0.2) is 36.7 Å². The van der Waals surface area contributed by atoms with E-state index in [0.29, 0.717) is 0 Å². The summed E-state index contributed by atoms with van der Waals surface area (Å²) in [6.45, 7) is 0. The summed E-state index contributed by atoms with van der Waals surface area (Å²) in [7, 11) is 0. The predicted molar refractivity (Wildman–Crippen MR) is 58.8 cm³/mol. The zero-order valence-corrected chi connectivity index (χ0v) is 8.43. The van der Waals surface area contributed by atoms with Crippen LogP contribution in [0.3, 0.4) is 0 Å². The van der Waals surface area contributed by atoms with Crippen LogP contribution in [0.5, 0.6) is 0 Å². The minimum Gasteiger partial charge on any atom is -0.324 e. The first-order valence-corrected chi connectivity index (χ1v) is 5.23. The Kier molecular flexibility index (Phi) is 1.86. The van der Waals surface area contributed by atoms with Crippen molar-refractivity contribution < 1.29 is 0 Å². The lowest BCUT2D eigenvalue weighted by molar-refractivity contribution is 0.713. The number of fused-ring (bicyclic) bond motifs is 1. The average Bonchev–Trinajstić information content (AvgIpc) is 2.88. The van der Waals surface area contributed by atoms with Crippen LogP contribution >= 0.6 is 0 Å². The molecule has 0 fully saturated rings. The van der Waals surface area contributed by atoms with Gasteiger partial charge in [0.05, 0.1) is 5.69 Å². The Morgan fingerprint density at radius 3 is 3.13 bits per heavy atom. The van der Waals surface area contributed by atoms with Gasteiger partial charge in [-0.25, -0.2) is 4.68 Å². The summed E-state index contributed by atoms with van der Waals surface area (Å²) in [5.41, 5.74) is 9.78. The van der Waals surface area contributed by atoms with Crippen molar-refractivity contribution in [3.63, 3.8) is 0 Å². The zero-order chi connectivity index (χ0) is 10.3. The summed E-state index contributed by atoms with van der Waals surface area (Å²) in [5.74, 6) is 0. The number of aryl methyl sites for hydroxylation is 1. The monoisotopic (exact) mass is 199 g/mol. The fourth-order valence-electron chi connectivity index (χ4n) is 2.20. The van der Waals surface area contributed by atoms with Crippen LogP contribution in [0.4, 0.5) is 0 Å². The summed E-state index contributed by atoms with van der Waals surface area (Å²) in [5, 5.41) is 4.22. The molecule has 76 valence electrons. The third-order valence-electron chi connectivity index (χ3n) is 3.02. The van der Waals surface area contributed by atoms with Crippen LogP contribution in [-0.4, -0.2) is 9.78 Å². The lowest BCUT2D eigenvalue weighted by Gasteiger charge is -2.07. The first-order valence-electron chi connectivity index (χ1n) is 5.23. The SMILES string of the molecule is NC1CCc2cc(-n3cccn3)ccc21. The highest BCUT2D eigenvalue weighted by Crippen LogP contribution is 2.30. The normalized spacial score (nSPS) is 19.1. The molecule has 3 nitrogen and oxygen atoms in total. The molecule has 1 aromatic carbocycles. The lowest BCUT2D eigenvalue weighted by atomic mass is 10.1. The van der Waals surface area contributed by atoms with Crippen LogP contribution in [0.2, 0.25) is 0 Å². The average molecular weight is 199 g/mol. The van der Waals surface area contributed by atoms with Gasteiger partial charge in [-0.1, -0.05) is 6.07 Å². The van der Waals surface area contributed by atoms with Gasteiger partial charge in [0.25, 0.3) is 0 Å². The fourth-order valence-corrected chi connectivity index (χ4v) is 2.20. The van der Waals surface area contributed by atoms with E-state index in [2.05, 4.69) is 23.3 Å². The Hall–Kier alpha value is -1.61. The van der Waals surface area contributed by atoms with E-state index in [1.54, 1.807) is 6.20 Å². The molecule has 0 bridgehead atoms. The Morgan fingerprint density at radius 2 is 2.33 bits per heavy atom. The third kappa shape index (κ3) is 1.36. The second kappa shape index (κ2) is 3.21. The molecule has 0 aliphatic heterocycles. The van der Waals surface area contributed by atoms with E-state index in [1.807, 2.05) is 16.9 Å². The first-order chi connectivity index (χ1) is 7.34. The molecule has 0 saturated heterocycles. The molecular weight excluding hydrogens is 186 g/mol. The molecule has 0 saturated carbocycles. The molecule has 15 heavy (non-hydrogen) atoms. The maximum atomic E-state index is 5.99. The van der Waals surface area contributed by atoms with Crippen molar-refractivity contribution in [2.75, 3.05) is 0 Å². The predicted octanol–water partition coefficient (Wildman–Crippen LogP) is 1.82. The standard InChI is InChI=1S/C12H13N3/c13-12-5-2-9-8-10(3-4-11(9)12)15-7-1-6-14-15/h1,3-4,6-8,12H,2,5,13H2. The van der Waals surface area contributed by atoms with Gasteiger partial charge in [-0.05, 0) is 42.2 Å². The molecule has 1 atom stereocenters. The van der Waals surface area contributed by atoms with Gasteiger partial charge < -0.3 is 5.73 Å². The van der Waals surface area contributed by atoms with Gasteiger partial charge in [-0.2, -0.15) is 5.10 Å². The maximum Gasteiger partial charge on any atom is 0.0648 e. The molecule has 2 aromatic rings. The van der Waals surface area contributed by atoms with E-state index in [4.69, 9.17) is 5.73 Å². The molecule has 1 aromatic heterocycles. The first kappa shape index (κ1) is 8.68. The molecule has 3 rings (SSSR count). The molecular formula is C12H13N3. The second-order valence-corrected chi connectivity index (χ2v) is 3.98. The van der Waals surface area contributed by atoms with Crippen molar-refractivity contribution in [2.24, 2.45) is 5.73 Å². The Bertz CT molecular complexity index is 474. The molecule has 2 N–H and O–H groups in total. The van der Waals surface area contributed by atoms with E-state index in [0.717, 1.165) is 18.5 Å². The molecule has 1 aliphatic rings. The lowest BCUT2D eigenvalue weighted by Crippen LogP contribution is -2.05. The smallest absolute Gasteiger partial charge is 0.0648 e. The summed E-state index contributed by atoms with van der Waals surface area (Å²) in [4.78, 5) is 0. The Labute approximate surface area is 88.5 Å². The summed E-state index contributed by atoms with van der Waals surface area (Å²) in [6.07, 6.45) is 5.90. The van der Waals surface area contributed by atoms with E-state index < -0.39 is 0 Å². The van der Waals surface area contributed by atoms with Crippen LogP contribution in [-0.2, 0) is 6.42 Å². The third-order valence-corrected chi connectivity index (χ3v) is 3.02. The van der Waals surface area contributed by atoms with Gasteiger partial charge in [0.15, 0.2) is 0 Å². The van der Waals surface area contributed by atoms with Gasteiger partial charge in [0.2, 0.25) is 0 Å². The van der Waals surface area contributed by atoms with Crippen LogP contribution in [0.1, 0.15) is 23.6 Å². The number of nitrogens with zero attached hydrogens (tertiary/aromatic N) is 2. The Morgan fingerprint density at radius 1 is 1.40 bits per heavy atom.